The Morgan fingerprint density at radius 3 is 2.66 bits per heavy atom. The van der Waals surface area contributed by atoms with E-state index < -0.39 is 0 Å². The SMILES string of the molecule is CC(=O)N1N=C(C2CC[C@H]3[C@@H]4CC=C5CC(O)CC[C@]5(C)[C@H]4CC[C@]23C)CC1c1ccccc1Cl. The highest BCUT2D eigenvalue weighted by molar-refractivity contribution is 6.31. The molecular formula is C30H39ClN2O2. The summed E-state index contributed by atoms with van der Waals surface area (Å²) >= 11 is 6.56. The van der Waals surface area contributed by atoms with Crippen molar-refractivity contribution >= 4 is 23.2 Å². The molecule has 3 fully saturated rings. The predicted octanol–water partition coefficient (Wildman–Crippen LogP) is 6.93. The molecular weight excluding hydrogens is 456 g/mol. The molecule has 5 aliphatic rings. The quantitative estimate of drug-likeness (QED) is 0.453. The number of carbonyl (C=O) groups excluding carboxylic acids is 1. The number of aliphatic hydroxyl groups is 1. The molecule has 0 radical (unpaired) electrons. The van der Waals surface area contributed by atoms with Crippen LogP contribution in [0, 0.1) is 34.5 Å². The summed E-state index contributed by atoms with van der Waals surface area (Å²) < 4.78 is 0. The largest absolute Gasteiger partial charge is 0.393 e. The zero-order chi connectivity index (χ0) is 24.5. The Bertz CT molecular complexity index is 1100. The summed E-state index contributed by atoms with van der Waals surface area (Å²) in [7, 11) is 0. The Kier molecular flexibility index (Phi) is 5.73. The molecule has 3 unspecified atom stereocenters. The van der Waals surface area contributed by atoms with Crippen molar-refractivity contribution in [3.8, 4) is 0 Å². The van der Waals surface area contributed by atoms with Crippen molar-refractivity contribution in [3.05, 3.63) is 46.5 Å². The van der Waals surface area contributed by atoms with Crippen LogP contribution in [0.3, 0.4) is 0 Å². The van der Waals surface area contributed by atoms with Crippen molar-refractivity contribution in [2.45, 2.75) is 90.7 Å². The van der Waals surface area contributed by atoms with Gasteiger partial charge in [-0.1, -0.05) is 55.3 Å². The van der Waals surface area contributed by atoms with Crippen molar-refractivity contribution in [3.63, 3.8) is 0 Å². The van der Waals surface area contributed by atoms with Crippen molar-refractivity contribution in [1.82, 2.24) is 5.01 Å². The van der Waals surface area contributed by atoms with E-state index in [0.29, 0.717) is 16.9 Å². The topological polar surface area (TPSA) is 52.9 Å². The number of fused-ring (bicyclic) bond motifs is 5. The molecule has 35 heavy (non-hydrogen) atoms. The maximum Gasteiger partial charge on any atom is 0.240 e. The highest BCUT2D eigenvalue weighted by Gasteiger charge is 2.60. The summed E-state index contributed by atoms with van der Waals surface area (Å²) in [5.41, 5.74) is 4.27. The number of aliphatic hydroxyl groups excluding tert-OH is 1. The average molecular weight is 495 g/mol. The van der Waals surface area contributed by atoms with Gasteiger partial charge in [-0.2, -0.15) is 5.10 Å². The Morgan fingerprint density at radius 2 is 1.89 bits per heavy atom. The number of halogens is 1. The number of carbonyl (C=O) groups is 1. The van der Waals surface area contributed by atoms with Crippen LogP contribution in [-0.2, 0) is 4.79 Å². The first-order valence-corrected chi connectivity index (χ1v) is 14.1. The number of amides is 1. The van der Waals surface area contributed by atoms with Crippen molar-refractivity contribution in [2.24, 2.45) is 39.6 Å². The molecule has 1 aliphatic heterocycles. The number of benzene rings is 1. The normalized spacial score (nSPS) is 42.6. The standard InChI is InChI=1S/C30H39ClN2O2/c1-18(34)33-28(22-6-4-5-7-26(22)31)17-27(32-33)25-11-10-23-21-9-8-19-16-20(35)12-14-29(19,2)24(21)13-15-30(23,25)3/h4-8,20-21,23-25,28,35H,9-17H2,1-3H3/t20?,21-,23-,24-,25?,28?,29-,30-/m0/s1. The van der Waals surface area contributed by atoms with Crippen LogP contribution in [0.15, 0.2) is 41.0 Å². The first kappa shape index (κ1) is 23.7. The van der Waals surface area contributed by atoms with E-state index in [4.69, 9.17) is 16.7 Å². The fourth-order valence-corrected chi connectivity index (χ4v) is 9.47. The average Bonchev–Trinajstić information content (AvgIpc) is 3.41. The molecule has 0 saturated heterocycles. The number of allylic oxidation sites excluding steroid dienone is 1. The molecule has 0 bridgehead atoms. The number of hydrogen-bond donors (Lipinski definition) is 1. The third-order valence-electron chi connectivity index (χ3n) is 11.0. The van der Waals surface area contributed by atoms with E-state index in [1.807, 2.05) is 24.3 Å². The van der Waals surface area contributed by atoms with Crippen LogP contribution in [0.1, 0.15) is 90.2 Å². The van der Waals surface area contributed by atoms with E-state index in [1.165, 1.54) is 43.4 Å². The van der Waals surface area contributed by atoms with Crippen molar-refractivity contribution in [1.29, 1.82) is 0 Å². The van der Waals surface area contributed by atoms with Crippen LogP contribution in [0.2, 0.25) is 5.02 Å². The second kappa shape index (κ2) is 8.45. The summed E-state index contributed by atoms with van der Waals surface area (Å²) in [5, 5.41) is 17.7. The molecule has 4 aliphatic carbocycles. The first-order chi connectivity index (χ1) is 16.7. The second-order valence-electron chi connectivity index (χ2n) is 12.5. The van der Waals surface area contributed by atoms with Crippen molar-refractivity contribution < 1.29 is 9.90 Å². The minimum Gasteiger partial charge on any atom is -0.393 e. The van der Waals surface area contributed by atoms with Crippen molar-refractivity contribution in [2.75, 3.05) is 0 Å². The van der Waals surface area contributed by atoms with Crippen LogP contribution < -0.4 is 0 Å². The minimum atomic E-state index is -0.147. The first-order valence-electron chi connectivity index (χ1n) is 13.7. The van der Waals surface area contributed by atoms with Crippen LogP contribution in [-0.4, -0.2) is 27.8 Å². The van der Waals surface area contributed by atoms with Crippen LogP contribution >= 0.6 is 11.6 Å². The van der Waals surface area contributed by atoms with Gasteiger partial charge < -0.3 is 5.11 Å². The summed E-state index contributed by atoms with van der Waals surface area (Å²) in [6.07, 6.45) is 12.2. The molecule has 4 nitrogen and oxygen atoms in total. The summed E-state index contributed by atoms with van der Waals surface area (Å²) in [6, 6.07) is 7.81. The molecule has 1 aromatic rings. The lowest BCUT2D eigenvalue weighted by Crippen LogP contribution is -2.51. The van der Waals surface area contributed by atoms with Crippen LogP contribution in [0.25, 0.3) is 0 Å². The lowest BCUT2D eigenvalue weighted by Gasteiger charge is -2.58. The van der Waals surface area contributed by atoms with E-state index in [2.05, 4.69) is 19.9 Å². The molecule has 188 valence electrons. The maximum atomic E-state index is 12.6. The monoisotopic (exact) mass is 494 g/mol. The van der Waals surface area contributed by atoms with Gasteiger partial charge in [0.25, 0.3) is 0 Å². The maximum absolute atomic E-state index is 12.6. The van der Waals surface area contributed by atoms with Gasteiger partial charge >= 0.3 is 0 Å². The van der Waals surface area contributed by atoms with E-state index in [1.54, 1.807) is 11.9 Å². The van der Waals surface area contributed by atoms with Gasteiger partial charge in [-0.25, -0.2) is 5.01 Å². The van der Waals surface area contributed by atoms with Crippen LogP contribution in [0.4, 0.5) is 0 Å². The Hall–Kier alpha value is -1.65. The van der Waals surface area contributed by atoms with Gasteiger partial charge in [0, 0.05) is 30.0 Å². The van der Waals surface area contributed by atoms with Gasteiger partial charge in [0.1, 0.15) is 0 Å². The van der Waals surface area contributed by atoms with E-state index in [9.17, 15) is 9.90 Å². The van der Waals surface area contributed by atoms with Gasteiger partial charge in [0.2, 0.25) is 5.91 Å². The lowest BCUT2D eigenvalue weighted by molar-refractivity contribution is -0.130. The number of nitrogens with zero attached hydrogens (tertiary/aromatic N) is 2. The molecule has 1 N–H and O–H groups in total. The molecule has 0 aromatic heterocycles. The number of hydrazone groups is 1. The molecule has 3 saturated carbocycles. The zero-order valence-corrected chi connectivity index (χ0v) is 22.1. The lowest BCUT2D eigenvalue weighted by atomic mass is 9.47. The third-order valence-corrected chi connectivity index (χ3v) is 11.3. The second-order valence-corrected chi connectivity index (χ2v) is 12.9. The van der Waals surface area contributed by atoms with Crippen LogP contribution in [0.5, 0.6) is 0 Å². The fraction of sp³-hybridized carbons (Fsp3) is 0.667. The smallest absolute Gasteiger partial charge is 0.240 e. The number of rotatable bonds is 2. The fourth-order valence-electron chi connectivity index (χ4n) is 9.21. The number of hydrogen-bond acceptors (Lipinski definition) is 3. The van der Waals surface area contributed by atoms with E-state index >= 15 is 0 Å². The minimum absolute atomic E-state index is 0.00862. The molecule has 1 amide bonds. The Balaban J connectivity index is 1.28. The Morgan fingerprint density at radius 1 is 1.09 bits per heavy atom. The van der Waals surface area contributed by atoms with Gasteiger partial charge in [-0.15, -0.1) is 0 Å². The Labute approximate surface area is 214 Å². The molecule has 1 aromatic carbocycles. The third kappa shape index (κ3) is 3.57. The summed E-state index contributed by atoms with van der Waals surface area (Å²) in [5.74, 6) is 2.61. The summed E-state index contributed by atoms with van der Waals surface area (Å²) in [4.78, 5) is 12.6. The van der Waals surface area contributed by atoms with Gasteiger partial charge in [-0.05, 0) is 91.6 Å². The highest BCUT2D eigenvalue weighted by Crippen LogP contribution is 2.66. The van der Waals surface area contributed by atoms with E-state index in [-0.39, 0.29) is 28.9 Å². The molecule has 6 rings (SSSR count). The van der Waals surface area contributed by atoms with Gasteiger partial charge in [-0.3, -0.25) is 4.79 Å². The molecule has 8 atom stereocenters. The highest BCUT2D eigenvalue weighted by atomic mass is 35.5. The predicted molar refractivity (Wildman–Crippen MR) is 140 cm³/mol. The van der Waals surface area contributed by atoms with E-state index in [0.717, 1.165) is 43.1 Å². The molecule has 1 heterocycles. The van der Waals surface area contributed by atoms with Gasteiger partial charge in [0.15, 0.2) is 0 Å². The molecule has 5 heteroatoms. The van der Waals surface area contributed by atoms with Gasteiger partial charge in [0.05, 0.1) is 12.1 Å². The zero-order valence-electron chi connectivity index (χ0n) is 21.3. The summed E-state index contributed by atoms with van der Waals surface area (Å²) in [6.45, 7) is 6.65. The molecule has 0 spiro atoms.